The van der Waals surface area contributed by atoms with Crippen LogP contribution in [-0.4, -0.2) is 5.78 Å². The highest BCUT2D eigenvalue weighted by Crippen LogP contribution is 2.29. The molecule has 14 heavy (non-hydrogen) atoms. The lowest BCUT2D eigenvalue weighted by Gasteiger charge is -2.01. The zero-order valence-electron chi connectivity index (χ0n) is 8.84. The molecule has 1 nitrogen and oxygen atoms in total. The monoisotopic (exact) mass is 188 g/mol. The normalized spacial score (nSPS) is 19.4. The van der Waals surface area contributed by atoms with Crippen LogP contribution >= 0.6 is 0 Å². The minimum absolute atomic E-state index is 0.174. The molecule has 1 aliphatic carbocycles. The van der Waals surface area contributed by atoms with Crippen molar-refractivity contribution < 1.29 is 4.79 Å². The van der Waals surface area contributed by atoms with Gasteiger partial charge in [0, 0.05) is 5.56 Å². The topological polar surface area (TPSA) is 17.1 Å². The number of benzene rings is 1. The van der Waals surface area contributed by atoms with Crippen molar-refractivity contribution in [3.05, 3.63) is 34.9 Å². The van der Waals surface area contributed by atoms with Crippen molar-refractivity contribution in [2.75, 3.05) is 0 Å². The second-order valence-electron chi connectivity index (χ2n) is 4.22. The molecule has 0 bridgehead atoms. The fraction of sp³-hybridized carbons (Fsp3) is 0.462. The van der Waals surface area contributed by atoms with E-state index in [1.165, 1.54) is 24.0 Å². The Kier molecular flexibility index (Phi) is 2.40. The van der Waals surface area contributed by atoms with Crippen LogP contribution in [0.15, 0.2) is 18.2 Å². The molecule has 0 fully saturated rings. The predicted molar refractivity (Wildman–Crippen MR) is 57.6 cm³/mol. The molecule has 0 saturated carbocycles. The first-order valence-corrected chi connectivity index (χ1v) is 5.33. The lowest BCUT2D eigenvalue weighted by Crippen LogP contribution is -1.95. The Balaban J connectivity index is 2.31. The molecule has 1 aromatic carbocycles. The molecule has 0 aliphatic heterocycles. The summed E-state index contributed by atoms with van der Waals surface area (Å²) in [6, 6.07) is 6.16. The van der Waals surface area contributed by atoms with Crippen LogP contribution in [0.2, 0.25) is 0 Å². The number of Topliss-reactive ketones (excluding diaryl/α,β-unsaturated/α-hetero) is 1. The van der Waals surface area contributed by atoms with Crippen LogP contribution in [0.5, 0.6) is 0 Å². The van der Waals surface area contributed by atoms with E-state index in [-0.39, 0.29) is 5.78 Å². The molecule has 0 aromatic heterocycles. The van der Waals surface area contributed by atoms with Gasteiger partial charge in [0.1, 0.15) is 0 Å². The van der Waals surface area contributed by atoms with E-state index < -0.39 is 0 Å². The first-order valence-electron chi connectivity index (χ1n) is 5.33. The minimum atomic E-state index is 0.174. The van der Waals surface area contributed by atoms with Gasteiger partial charge in [0.2, 0.25) is 0 Å². The van der Waals surface area contributed by atoms with Gasteiger partial charge in [-0.25, -0.2) is 0 Å². The standard InChI is InChI=1S/C13H16O/c1-3-10-6-12-5-4-11(9(2)14)8-13(12)7-10/h4-5,8,10H,3,6-7H2,1-2H3/t10-/m1/s1. The summed E-state index contributed by atoms with van der Waals surface area (Å²) >= 11 is 0. The summed E-state index contributed by atoms with van der Waals surface area (Å²) in [5, 5.41) is 0. The maximum absolute atomic E-state index is 11.2. The highest BCUT2D eigenvalue weighted by atomic mass is 16.1. The first-order chi connectivity index (χ1) is 6.70. The van der Waals surface area contributed by atoms with Gasteiger partial charge in [0.05, 0.1) is 0 Å². The molecule has 0 unspecified atom stereocenters. The van der Waals surface area contributed by atoms with Crippen LogP contribution in [0.3, 0.4) is 0 Å². The zero-order chi connectivity index (χ0) is 10.1. The van der Waals surface area contributed by atoms with E-state index in [2.05, 4.69) is 19.1 Å². The Bertz CT molecular complexity index is 365. The summed E-state index contributed by atoms with van der Waals surface area (Å²) < 4.78 is 0. The summed E-state index contributed by atoms with van der Waals surface area (Å²) in [7, 11) is 0. The summed E-state index contributed by atoms with van der Waals surface area (Å²) in [6.45, 7) is 3.87. The molecule has 74 valence electrons. The van der Waals surface area contributed by atoms with Crippen LogP contribution < -0.4 is 0 Å². The highest BCUT2D eigenvalue weighted by Gasteiger charge is 2.20. The van der Waals surface area contributed by atoms with Gasteiger partial charge in [-0.1, -0.05) is 25.5 Å². The number of hydrogen-bond acceptors (Lipinski definition) is 1. The number of hydrogen-bond donors (Lipinski definition) is 0. The summed E-state index contributed by atoms with van der Waals surface area (Å²) in [5.74, 6) is 0.972. The summed E-state index contributed by atoms with van der Waals surface area (Å²) in [5.41, 5.74) is 3.70. The smallest absolute Gasteiger partial charge is 0.159 e. The Labute approximate surface area is 85.1 Å². The first kappa shape index (κ1) is 9.45. The van der Waals surface area contributed by atoms with Crippen LogP contribution in [0.1, 0.15) is 41.8 Å². The molecule has 0 radical (unpaired) electrons. The van der Waals surface area contributed by atoms with E-state index in [9.17, 15) is 4.79 Å². The molecule has 0 N–H and O–H groups in total. The Morgan fingerprint density at radius 1 is 1.36 bits per heavy atom. The quantitative estimate of drug-likeness (QED) is 0.652. The second-order valence-corrected chi connectivity index (χ2v) is 4.22. The third-order valence-corrected chi connectivity index (χ3v) is 3.21. The molecule has 0 saturated heterocycles. The molecular weight excluding hydrogens is 172 g/mol. The van der Waals surface area contributed by atoms with Gasteiger partial charge < -0.3 is 0 Å². The lowest BCUT2D eigenvalue weighted by atomic mass is 10.0. The van der Waals surface area contributed by atoms with Gasteiger partial charge in [-0.3, -0.25) is 4.79 Å². The second kappa shape index (κ2) is 3.56. The largest absolute Gasteiger partial charge is 0.295 e. The molecular formula is C13H16O. The fourth-order valence-electron chi connectivity index (χ4n) is 2.22. The number of fused-ring (bicyclic) bond motifs is 1. The van der Waals surface area contributed by atoms with Gasteiger partial charge >= 0.3 is 0 Å². The van der Waals surface area contributed by atoms with Crippen LogP contribution in [0, 0.1) is 5.92 Å². The zero-order valence-corrected chi connectivity index (χ0v) is 8.84. The molecule has 1 aromatic rings. The molecule has 0 spiro atoms. The van der Waals surface area contributed by atoms with Crippen molar-refractivity contribution in [1.82, 2.24) is 0 Å². The van der Waals surface area contributed by atoms with Crippen molar-refractivity contribution in [3.8, 4) is 0 Å². The summed E-state index contributed by atoms with van der Waals surface area (Å²) in [4.78, 5) is 11.2. The van der Waals surface area contributed by atoms with Crippen molar-refractivity contribution in [2.24, 2.45) is 5.92 Å². The number of carbonyl (C=O) groups is 1. The molecule has 1 aliphatic rings. The number of rotatable bonds is 2. The Hall–Kier alpha value is -1.11. The highest BCUT2D eigenvalue weighted by molar-refractivity contribution is 5.94. The average Bonchev–Trinajstić information content (AvgIpc) is 2.58. The van der Waals surface area contributed by atoms with Crippen molar-refractivity contribution in [1.29, 1.82) is 0 Å². The van der Waals surface area contributed by atoms with Gasteiger partial charge in [-0.2, -0.15) is 0 Å². The van der Waals surface area contributed by atoms with Gasteiger partial charge in [0.25, 0.3) is 0 Å². The average molecular weight is 188 g/mol. The molecule has 0 heterocycles. The SMILES string of the molecule is CC[C@@H]1Cc2ccc(C(C)=O)cc2C1. The lowest BCUT2D eigenvalue weighted by molar-refractivity contribution is 0.101. The van der Waals surface area contributed by atoms with Crippen LogP contribution in [-0.2, 0) is 12.8 Å². The third kappa shape index (κ3) is 1.59. The number of ketones is 1. The van der Waals surface area contributed by atoms with E-state index in [0.717, 1.165) is 17.9 Å². The van der Waals surface area contributed by atoms with Gasteiger partial charge in [0.15, 0.2) is 5.78 Å². The molecule has 1 atom stereocenters. The summed E-state index contributed by atoms with van der Waals surface area (Å²) in [6.07, 6.45) is 3.60. The van der Waals surface area contributed by atoms with Crippen LogP contribution in [0.4, 0.5) is 0 Å². The molecule has 2 rings (SSSR count). The fourth-order valence-corrected chi connectivity index (χ4v) is 2.22. The molecule has 0 amide bonds. The van der Waals surface area contributed by atoms with E-state index in [1.807, 2.05) is 6.07 Å². The van der Waals surface area contributed by atoms with Crippen molar-refractivity contribution in [2.45, 2.75) is 33.1 Å². The predicted octanol–water partition coefficient (Wildman–Crippen LogP) is 3.01. The third-order valence-electron chi connectivity index (χ3n) is 3.21. The van der Waals surface area contributed by atoms with E-state index >= 15 is 0 Å². The van der Waals surface area contributed by atoms with E-state index in [1.54, 1.807) is 6.92 Å². The van der Waals surface area contributed by atoms with E-state index in [0.29, 0.717) is 0 Å². The number of carbonyl (C=O) groups excluding carboxylic acids is 1. The maximum Gasteiger partial charge on any atom is 0.159 e. The maximum atomic E-state index is 11.2. The Morgan fingerprint density at radius 2 is 2.07 bits per heavy atom. The Morgan fingerprint density at radius 3 is 2.71 bits per heavy atom. The minimum Gasteiger partial charge on any atom is -0.295 e. The van der Waals surface area contributed by atoms with E-state index in [4.69, 9.17) is 0 Å². The van der Waals surface area contributed by atoms with Gasteiger partial charge in [-0.15, -0.1) is 0 Å². The van der Waals surface area contributed by atoms with Crippen molar-refractivity contribution >= 4 is 5.78 Å². The van der Waals surface area contributed by atoms with Crippen molar-refractivity contribution in [3.63, 3.8) is 0 Å². The molecule has 1 heteroatoms. The van der Waals surface area contributed by atoms with Gasteiger partial charge in [-0.05, 0) is 42.9 Å². The van der Waals surface area contributed by atoms with Crippen LogP contribution in [0.25, 0.3) is 0 Å².